The van der Waals surface area contributed by atoms with E-state index in [1.165, 1.54) is 17.0 Å². The number of primary amides is 1. The second-order valence-corrected chi connectivity index (χ2v) is 8.62. The molecule has 0 bridgehead atoms. The van der Waals surface area contributed by atoms with Gasteiger partial charge in [-0.25, -0.2) is 4.39 Å². The van der Waals surface area contributed by atoms with E-state index in [9.17, 15) is 14.0 Å². The molecule has 2 aromatic carbocycles. The van der Waals surface area contributed by atoms with Crippen molar-refractivity contribution in [3.63, 3.8) is 0 Å². The van der Waals surface area contributed by atoms with E-state index in [0.29, 0.717) is 12.1 Å². The molecule has 1 aromatic heterocycles. The van der Waals surface area contributed by atoms with Crippen LogP contribution in [0.25, 0.3) is 10.4 Å². The summed E-state index contributed by atoms with van der Waals surface area (Å²) in [6, 6.07) is 17.8. The van der Waals surface area contributed by atoms with Crippen LogP contribution in [0.3, 0.4) is 0 Å². The van der Waals surface area contributed by atoms with E-state index in [2.05, 4.69) is 6.07 Å². The van der Waals surface area contributed by atoms with Crippen molar-refractivity contribution in [1.29, 1.82) is 0 Å². The molecule has 2 N–H and O–H groups in total. The van der Waals surface area contributed by atoms with Gasteiger partial charge in [-0.2, -0.15) is 0 Å². The zero-order valence-electron chi connectivity index (χ0n) is 16.9. The number of benzene rings is 2. The van der Waals surface area contributed by atoms with Crippen molar-refractivity contribution in [2.75, 3.05) is 19.7 Å². The summed E-state index contributed by atoms with van der Waals surface area (Å²) in [6.07, 6.45) is 0.415. The highest BCUT2D eigenvalue weighted by Gasteiger charge is 2.43. The molecule has 0 radical (unpaired) electrons. The maximum absolute atomic E-state index is 13.1. The van der Waals surface area contributed by atoms with Crippen LogP contribution in [0.2, 0.25) is 0 Å². The fourth-order valence-electron chi connectivity index (χ4n) is 3.79. The smallest absolute Gasteiger partial charge is 0.251 e. The zero-order chi connectivity index (χ0) is 21.8. The third-order valence-corrected chi connectivity index (χ3v) is 6.42. The Bertz CT molecular complexity index is 1050. The molecule has 0 saturated carbocycles. The van der Waals surface area contributed by atoms with E-state index in [-0.39, 0.29) is 37.7 Å². The number of hydrogen-bond acceptors (Lipinski definition) is 4. The van der Waals surface area contributed by atoms with Crippen molar-refractivity contribution in [3.05, 3.63) is 83.0 Å². The second-order valence-electron chi connectivity index (χ2n) is 7.68. The first-order valence-corrected chi connectivity index (χ1v) is 10.9. The van der Waals surface area contributed by atoms with Crippen molar-refractivity contribution in [2.24, 2.45) is 5.73 Å². The molecule has 1 aliphatic heterocycles. The Morgan fingerprint density at radius 3 is 2.42 bits per heavy atom. The van der Waals surface area contributed by atoms with Gasteiger partial charge in [0.15, 0.2) is 5.60 Å². The number of hydrogen-bond donors (Lipinski definition) is 1. The molecular formula is C24H23FN2O3S. The monoisotopic (exact) mass is 438 g/mol. The van der Waals surface area contributed by atoms with Gasteiger partial charge in [0, 0.05) is 17.8 Å². The highest BCUT2D eigenvalue weighted by molar-refractivity contribution is 7.13. The van der Waals surface area contributed by atoms with Gasteiger partial charge in [0.1, 0.15) is 5.82 Å². The van der Waals surface area contributed by atoms with Crippen LogP contribution >= 0.6 is 11.3 Å². The normalized spacial score (nSPS) is 18.7. The van der Waals surface area contributed by atoms with Crippen molar-refractivity contribution in [3.8, 4) is 10.4 Å². The van der Waals surface area contributed by atoms with Crippen LogP contribution in [0.5, 0.6) is 0 Å². The molecule has 31 heavy (non-hydrogen) atoms. The first kappa shape index (κ1) is 21.2. The Morgan fingerprint density at radius 1 is 1.06 bits per heavy atom. The second kappa shape index (κ2) is 8.99. The van der Waals surface area contributed by atoms with Gasteiger partial charge < -0.3 is 15.4 Å². The maximum atomic E-state index is 13.1. The summed E-state index contributed by atoms with van der Waals surface area (Å²) in [6.45, 7) is 0.701. The van der Waals surface area contributed by atoms with Crippen LogP contribution in [0.4, 0.5) is 4.39 Å². The predicted octanol–water partition coefficient (Wildman–Crippen LogP) is 3.42. The summed E-state index contributed by atoms with van der Waals surface area (Å²) in [4.78, 5) is 28.0. The van der Waals surface area contributed by atoms with Crippen LogP contribution in [0, 0.1) is 5.82 Å². The van der Waals surface area contributed by atoms with Crippen molar-refractivity contribution >= 4 is 23.2 Å². The highest BCUT2D eigenvalue weighted by Crippen LogP contribution is 2.28. The lowest BCUT2D eigenvalue weighted by Gasteiger charge is -2.41. The number of amides is 2. The minimum atomic E-state index is -1.28. The van der Waals surface area contributed by atoms with Crippen LogP contribution in [-0.4, -0.2) is 42.0 Å². The summed E-state index contributed by atoms with van der Waals surface area (Å²) in [5.74, 6) is -1.08. The van der Waals surface area contributed by atoms with E-state index >= 15 is 0 Å². The highest BCUT2D eigenvalue weighted by atomic mass is 32.1. The van der Waals surface area contributed by atoms with Gasteiger partial charge in [-0.15, -0.1) is 11.3 Å². The Morgan fingerprint density at radius 2 is 1.77 bits per heavy atom. The van der Waals surface area contributed by atoms with E-state index in [1.54, 1.807) is 28.4 Å². The van der Waals surface area contributed by atoms with Gasteiger partial charge in [-0.3, -0.25) is 9.59 Å². The summed E-state index contributed by atoms with van der Waals surface area (Å²) >= 11 is 1.66. The van der Waals surface area contributed by atoms with Crippen molar-refractivity contribution < 1.29 is 18.7 Å². The van der Waals surface area contributed by atoms with Crippen LogP contribution < -0.4 is 5.73 Å². The van der Waals surface area contributed by atoms with E-state index in [0.717, 1.165) is 11.1 Å². The fraction of sp³-hybridized carbons (Fsp3) is 0.250. The van der Waals surface area contributed by atoms with Crippen LogP contribution in [0.1, 0.15) is 11.1 Å². The minimum absolute atomic E-state index is 0.0923. The van der Waals surface area contributed by atoms with Gasteiger partial charge in [0.25, 0.3) is 5.91 Å². The average Bonchev–Trinajstić information content (AvgIpc) is 3.31. The number of nitrogens with two attached hydrogens (primary N) is 1. The summed E-state index contributed by atoms with van der Waals surface area (Å²) < 4.78 is 19.0. The third-order valence-electron chi connectivity index (χ3n) is 5.51. The zero-order valence-corrected chi connectivity index (χ0v) is 17.7. The van der Waals surface area contributed by atoms with Gasteiger partial charge in [-0.1, -0.05) is 42.5 Å². The molecule has 160 valence electrons. The van der Waals surface area contributed by atoms with Gasteiger partial charge in [0.05, 0.1) is 19.6 Å². The van der Waals surface area contributed by atoms with E-state index < -0.39 is 11.5 Å². The van der Waals surface area contributed by atoms with E-state index in [4.69, 9.17) is 10.5 Å². The number of halogens is 1. The molecule has 2 amide bonds. The largest absolute Gasteiger partial charge is 0.367 e. The number of ether oxygens (including phenoxy) is 1. The Labute approximate surface area is 184 Å². The number of carbonyl (C=O) groups excluding carboxylic acids is 2. The minimum Gasteiger partial charge on any atom is -0.367 e. The van der Waals surface area contributed by atoms with Gasteiger partial charge in [-0.05, 0) is 40.3 Å². The number of nitrogens with zero attached hydrogens (tertiary/aromatic N) is 1. The van der Waals surface area contributed by atoms with Crippen molar-refractivity contribution in [2.45, 2.75) is 18.4 Å². The Kier molecular flexibility index (Phi) is 6.15. The summed E-state index contributed by atoms with van der Waals surface area (Å²) in [5, 5.41) is 2.03. The number of carbonyl (C=O) groups is 2. The maximum Gasteiger partial charge on any atom is 0.251 e. The number of thiophene rings is 1. The third kappa shape index (κ3) is 4.84. The lowest BCUT2D eigenvalue weighted by Crippen LogP contribution is -2.61. The molecule has 0 unspecified atom stereocenters. The molecule has 1 atom stereocenters. The number of morpholine rings is 1. The molecule has 1 aliphatic rings. The van der Waals surface area contributed by atoms with Crippen LogP contribution in [0.15, 0.2) is 66.0 Å². The molecule has 2 heterocycles. The molecule has 0 spiro atoms. The summed E-state index contributed by atoms with van der Waals surface area (Å²) in [5.41, 5.74) is 7.20. The molecule has 4 rings (SSSR count). The SMILES string of the molecule is NC(=O)[C@@]1(Cc2ccc(-c3cccs3)cc2)CN(C(=O)Cc2ccc(F)cc2)CCO1. The Balaban J connectivity index is 1.48. The quantitative estimate of drug-likeness (QED) is 0.641. The molecule has 0 aliphatic carbocycles. The number of rotatable bonds is 6. The molecule has 1 fully saturated rings. The first-order valence-electron chi connectivity index (χ1n) is 10.0. The lowest BCUT2D eigenvalue weighted by atomic mass is 9.91. The molecule has 3 aromatic rings. The lowest BCUT2D eigenvalue weighted by molar-refractivity contribution is -0.163. The molecule has 7 heteroatoms. The topological polar surface area (TPSA) is 72.6 Å². The average molecular weight is 439 g/mol. The molecule has 5 nitrogen and oxygen atoms in total. The van der Waals surface area contributed by atoms with Gasteiger partial charge >= 0.3 is 0 Å². The van der Waals surface area contributed by atoms with Crippen LogP contribution in [-0.2, 0) is 27.2 Å². The molecular weight excluding hydrogens is 415 g/mol. The molecule has 1 saturated heterocycles. The Hall–Kier alpha value is -3.03. The van der Waals surface area contributed by atoms with Crippen molar-refractivity contribution in [1.82, 2.24) is 4.90 Å². The standard InChI is InChI=1S/C24H23FN2O3S/c25-20-9-5-17(6-10-20)14-22(28)27-11-12-30-24(16-27,23(26)29)15-18-3-7-19(8-4-18)21-2-1-13-31-21/h1-10,13H,11-12,14-16H2,(H2,26,29)/t24-/m1/s1. The summed E-state index contributed by atoms with van der Waals surface area (Å²) in [7, 11) is 0. The van der Waals surface area contributed by atoms with Gasteiger partial charge in [0.2, 0.25) is 5.91 Å². The fourth-order valence-corrected chi connectivity index (χ4v) is 4.52. The predicted molar refractivity (Wildman–Crippen MR) is 118 cm³/mol. The van der Waals surface area contributed by atoms with E-state index in [1.807, 2.05) is 35.7 Å². The first-order chi connectivity index (χ1) is 14.9.